The molecule has 0 bridgehead atoms. The van der Waals surface area contributed by atoms with E-state index in [0.29, 0.717) is 4.90 Å². The van der Waals surface area contributed by atoms with Gasteiger partial charge in [0.05, 0.1) is 42.2 Å². The molecule has 0 aliphatic carbocycles. The van der Waals surface area contributed by atoms with Crippen molar-refractivity contribution in [1.82, 2.24) is 11.1 Å². The second kappa shape index (κ2) is 9.10. The first kappa shape index (κ1) is 22.3. The van der Waals surface area contributed by atoms with Crippen LogP contribution >= 0.6 is 0 Å². The summed E-state index contributed by atoms with van der Waals surface area (Å²) in [4.78, 5) is 47.2. The van der Waals surface area contributed by atoms with Gasteiger partial charge in [0, 0.05) is 18.9 Å². The van der Waals surface area contributed by atoms with Gasteiger partial charge in [-0.05, 0) is 0 Å². The Labute approximate surface area is 134 Å². The molecular weight excluding hydrogens is 346 g/mol. The van der Waals surface area contributed by atoms with Crippen molar-refractivity contribution in [3.63, 3.8) is 0 Å². The molecule has 2 atom stereocenters. The molecule has 1 aliphatic rings. The van der Waals surface area contributed by atoms with Gasteiger partial charge in [0.1, 0.15) is 0 Å². The van der Waals surface area contributed by atoms with Gasteiger partial charge < -0.3 is 45.8 Å². The first-order valence-corrected chi connectivity index (χ1v) is 5.38. The molecule has 0 spiro atoms. The van der Waals surface area contributed by atoms with Crippen LogP contribution in [0, 0.1) is 0 Å². The largest absolute Gasteiger partial charge is 3.00 e. The van der Waals surface area contributed by atoms with Gasteiger partial charge in [-0.25, -0.2) is 0 Å². The number of carboxylic acid groups (broad SMARTS) is 4. The molecule has 1 aliphatic heterocycles. The zero-order chi connectivity index (χ0) is 15.4. The molecule has 0 amide bonds. The number of rotatable bonds is 6. The van der Waals surface area contributed by atoms with Gasteiger partial charge in [-0.15, -0.1) is 0 Å². The van der Waals surface area contributed by atoms with Crippen molar-refractivity contribution in [1.29, 1.82) is 0 Å². The van der Waals surface area contributed by atoms with E-state index in [2.05, 4.69) is 4.99 Å². The number of hydrogen-bond acceptors (Lipinski definition) is 10. The summed E-state index contributed by atoms with van der Waals surface area (Å²) in [5.74, 6) is -7.47. The van der Waals surface area contributed by atoms with Crippen molar-refractivity contribution >= 4 is 29.6 Å². The summed E-state index contributed by atoms with van der Waals surface area (Å²) in [6.07, 6.45) is -1.06. The van der Waals surface area contributed by atoms with Crippen LogP contribution in [0.4, 0.5) is 0 Å². The maximum absolute atomic E-state index is 11.0. The summed E-state index contributed by atoms with van der Waals surface area (Å²) < 4.78 is 0. The number of quaternary nitrogens is 1. The molecule has 2 unspecified atom stereocenters. The molecule has 1 heterocycles. The Morgan fingerprint density at radius 1 is 1.18 bits per heavy atom. The fourth-order valence-corrected chi connectivity index (χ4v) is 1.91. The first-order chi connectivity index (χ1) is 9.25. The van der Waals surface area contributed by atoms with Crippen molar-refractivity contribution in [2.75, 3.05) is 13.1 Å². The van der Waals surface area contributed by atoms with E-state index in [-0.39, 0.29) is 36.3 Å². The minimum atomic E-state index is -2.03. The van der Waals surface area contributed by atoms with Crippen molar-refractivity contribution in [2.24, 2.45) is 4.99 Å². The average Bonchev–Trinajstić information content (AvgIpc) is 2.34. The van der Waals surface area contributed by atoms with E-state index < -0.39 is 48.1 Å². The zero-order valence-corrected chi connectivity index (χ0v) is 12.4. The zero-order valence-electron chi connectivity index (χ0n) is 11.3. The monoisotopic (exact) mass is 358 g/mol. The SMILES string of the molecule is O=C([O-])CC(C(=O)[O-])N1CCN=C(C(=O)[O-])C1C(=O)[O-].[Fe+3].[NH4+]. The molecule has 0 aromatic carbocycles. The van der Waals surface area contributed by atoms with Gasteiger partial charge in [0.25, 0.3) is 0 Å². The van der Waals surface area contributed by atoms with Crippen LogP contribution in [-0.2, 0) is 36.2 Å². The van der Waals surface area contributed by atoms with E-state index in [1.807, 2.05) is 0 Å². The molecule has 0 aromatic heterocycles. The summed E-state index contributed by atoms with van der Waals surface area (Å²) in [6, 6.07) is -3.91. The van der Waals surface area contributed by atoms with Crippen LogP contribution < -0.4 is 26.6 Å². The molecule has 0 fully saturated rings. The normalized spacial score (nSPS) is 18.9. The molecule has 22 heavy (non-hydrogen) atoms. The summed E-state index contributed by atoms with van der Waals surface area (Å²) >= 11 is 0. The number of nitrogens with zero attached hydrogens (tertiary/aromatic N) is 2. The van der Waals surface area contributed by atoms with E-state index in [1.165, 1.54) is 0 Å². The van der Waals surface area contributed by atoms with Crippen LogP contribution in [0.15, 0.2) is 4.99 Å². The van der Waals surface area contributed by atoms with Crippen LogP contribution in [0.1, 0.15) is 6.42 Å². The molecular formula is C10H12FeN3O8. The van der Waals surface area contributed by atoms with Crippen LogP contribution in [-0.4, -0.2) is 59.7 Å². The second-order valence-electron chi connectivity index (χ2n) is 3.92. The minimum Gasteiger partial charge on any atom is -0.550 e. The van der Waals surface area contributed by atoms with Gasteiger partial charge in [0.15, 0.2) is 0 Å². The predicted molar refractivity (Wildman–Crippen MR) is 57.2 cm³/mol. The molecule has 12 heteroatoms. The third-order valence-corrected chi connectivity index (χ3v) is 2.70. The van der Waals surface area contributed by atoms with E-state index in [9.17, 15) is 39.6 Å². The van der Waals surface area contributed by atoms with E-state index in [4.69, 9.17) is 0 Å². The Hall–Kier alpha value is -2.01. The maximum atomic E-state index is 11.0. The Kier molecular flexibility index (Phi) is 9.21. The number of carbonyl (C=O) groups excluding carboxylic acids is 4. The molecule has 0 aromatic rings. The maximum Gasteiger partial charge on any atom is 3.00 e. The van der Waals surface area contributed by atoms with Crippen molar-refractivity contribution in [3.8, 4) is 0 Å². The fraction of sp³-hybridized carbons (Fsp3) is 0.500. The van der Waals surface area contributed by atoms with Crippen molar-refractivity contribution in [3.05, 3.63) is 0 Å². The van der Waals surface area contributed by atoms with Crippen LogP contribution in [0.2, 0.25) is 0 Å². The van der Waals surface area contributed by atoms with E-state index in [1.54, 1.807) is 0 Å². The van der Waals surface area contributed by atoms with Gasteiger partial charge in [0.2, 0.25) is 0 Å². The third-order valence-electron chi connectivity index (χ3n) is 2.70. The van der Waals surface area contributed by atoms with Crippen molar-refractivity contribution < 1.29 is 56.7 Å². The summed E-state index contributed by atoms with van der Waals surface area (Å²) in [6.45, 7) is -0.523. The van der Waals surface area contributed by atoms with Gasteiger partial charge in [-0.3, -0.25) is 9.89 Å². The number of hydrogen-bond donors (Lipinski definition) is 1. The van der Waals surface area contributed by atoms with E-state index >= 15 is 0 Å². The minimum absolute atomic E-state index is 0. The summed E-state index contributed by atoms with van der Waals surface area (Å²) in [7, 11) is 0. The Balaban J connectivity index is 0. The predicted octanol–water partition coefficient (Wildman–Crippen LogP) is -6.76. The quantitative estimate of drug-likeness (QED) is 0.446. The van der Waals surface area contributed by atoms with Gasteiger partial charge in [-0.1, -0.05) is 0 Å². The molecule has 123 valence electrons. The number of carbonyl (C=O) groups is 4. The summed E-state index contributed by atoms with van der Waals surface area (Å²) in [5.41, 5.74) is -0.930. The molecule has 1 radical (unpaired) electrons. The molecule has 11 nitrogen and oxygen atoms in total. The first-order valence-electron chi connectivity index (χ1n) is 5.38. The van der Waals surface area contributed by atoms with Crippen molar-refractivity contribution in [2.45, 2.75) is 18.5 Å². The molecule has 0 saturated heterocycles. The Bertz CT molecular complexity index is 495. The molecule has 0 saturated carbocycles. The summed E-state index contributed by atoms with van der Waals surface area (Å²) in [5, 5.41) is 43.2. The smallest absolute Gasteiger partial charge is 0.550 e. The standard InChI is InChI=1S/C10H12N2O8.Fe.H3N/c13-5(14)3-4(8(15)16)12-2-1-11-6(9(17)18)7(12)10(19)20;;/h4,7H,1-3H2,(H,13,14)(H,15,16)(H,17,18)(H,19,20);;1H3/q;+3;/p-3. The average molecular weight is 358 g/mol. The second-order valence-corrected chi connectivity index (χ2v) is 3.92. The third kappa shape index (κ3) is 5.07. The van der Waals surface area contributed by atoms with Crippen LogP contribution in [0.25, 0.3) is 0 Å². The Morgan fingerprint density at radius 2 is 1.73 bits per heavy atom. The van der Waals surface area contributed by atoms with E-state index in [0.717, 1.165) is 0 Å². The fourth-order valence-electron chi connectivity index (χ4n) is 1.91. The molecule has 4 N–H and O–H groups in total. The van der Waals surface area contributed by atoms with Crippen LogP contribution in [0.5, 0.6) is 0 Å². The van der Waals surface area contributed by atoms with Gasteiger partial charge in [-0.2, -0.15) is 0 Å². The number of aliphatic carboxylic acids is 4. The molecule has 1 rings (SSSR count). The number of aliphatic imine (C=N–C) groups is 1. The van der Waals surface area contributed by atoms with Gasteiger partial charge >= 0.3 is 17.1 Å². The topological polar surface area (TPSA) is 213 Å². The number of carboxylic acids is 4. The Morgan fingerprint density at radius 3 is 2.09 bits per heavy atom. The van der Waals surface area contributed by atoms with Crippen LogP contribution in [0.3, 0.4) is 0 Å².